The Hall–Kier alpha value is 0.880. The van der Waals surface area contributed by atoms with Crippen LogP contribution in [0.4, 0.5) is 0 Å². The summed E-state index contributed by atoms with van der Waals surface area (Å²) >= 11 is 0. The van der Waals surface area contributed by atoms with E-state index in [0.717, 1.165) is 19.4 Å². The molecule has 0 aromatic rings. The number of epoxide rings is 1. The molecule has 0 aromatic carbocycles. The molecule has 0 aromatic heterocycles. The van der Waals surface area contributed by atoms with Gasteiger partial charge in [-0.15, -0.1) is 0 Å². The molecule has 0 saturated carbocycles. The molecule has 1 fully saturated rings. The molecule has 0 spiro atoms. The van der Waals surface area contributed by atoms with E-state index in [2.05, 4.69) is 6.92 Å². The topological polar surface area (TPSA) is 62.8 Å². The van der Waals surface area contributed by atoms with Crippen LogP contribution in [0.2, 0.25) is 0 Å². The van der Waals surface area contributed by atoms with Crippen LogP contribution in [0.5, 0.6) is 0 Å². The maximum atomic E-state index is 8.67. The van der Waals surface area contributed by atoms with Crippen molar-refractivity contribution in [3.8, 4) is 0 Å². The Morgan fingerprint density at radius 1 is 1.31 bits per heavy atom. The second-order valence-electron chi connectivity index (χ2n) is 2.83. The molecule has 0 aliphatic carbocycles. The number of rotatable bonds is 3. The number of ether oxygens (including phenoxy) is 1. The summed E-state index contributed by atoms with van der Waals surface area (Å²) in [4.78, 5) is 0. The van der Waals surface area contributed by atoms with Gasteiger partial charge in [0.2, 0.25) is 0 Å². The van der Waals surface area contributed by atoms with Crippen LogP contribution in [0.25, 0.3) is 0 Å². The van der Waals surface area contributed by atoms with Crippen LogP contribution in [0, 0.1) is 0 Å². The van der Waals surface area contributed by atoms with Crippen molar-refractivity contribution in [2.24, 2.45) is 0 Å². The molecular weight excluding hydrogens is 179 g/mol. The fourth-order valence-corrected chi connectivity index (χ4v) is 0.592. The SMILES string of the molecule is CCC(O)CC.CCC1CO1.[Na+].[OH-]. The summed E-state index contributed by atoms with van der Waals surface area (Å²) in [6, 6.07) is 0. The average Bonchev–Trinajstić information content (AvgIpc) is 2.86. The standard InChI is InChI=1S/C5H12O.C4H8O.Na.H2O/c1-3-5(6)4-2;1-2-4-3-5-4;;/h5-6H,3-4H2,1-2H3;4H,2-3H2,1H3;;1H2/q;;+1;/p-1. The Morgan fingerprint density at radius 2 is 1.69 bits per heavy atom. The van der Waals surface area contributed by atoms with Crippen LogP contribution in [-0.2, 0) is 4.74 Å². The molecular formula is C9H21NaO3. The molecule has 1 aliphatic heterocycles. The number of hydrogen-bond acceptors (Lipinski definition) is 3. The van der Waals surface area contributed by atoms with Crippen molar-refractivity contribution in [1.82, 2.24) is 0 Å². The van der Waals surface area contributed by atoms with Crippen molar-refractivity contribution in [2.45, 2.75) is 52.2 Å². The molecule has 1 atom stereocenters. The van der Waals surface area contributed by atoms with Gasteiger partial charge in [-0.1, -0.05) is 20.8 Å². The van der Waals surface area contributed by atoms with Gasteiger partial charge in [0.25, 0.3) is 0 Å². The molecule has 0 radical (unpaired) electrons. The zero-order valence-electron chi connectivity index (χ0n) is 9.29. The molecule has 1 unspecified atom stereocenters. The summed E-state index contributed by atoms with van der Waals surface area (Å²) < 4.78 is 4.86. The number of hydrogen-bond donors (Lipinski definition) is 1. The van der Waals surface area contributed by atoms with Gasteiger partial charge in [-0.3, -0.25) is 0 Å². The Morgan fingerprint density at radius 3 is 1.69 bits per heavy atom. The minimum Gasteiger partial charge on any atom is -0.870 e. The molecule has 4 heteroatoms. The maximum Gasteiger partial charge on any atom is 1.00 e. The third-order valence-electron chi connectivity index (χ3n) is 1.80. The molecule has 1 heterocycles. The summed E-state index contributed by atoms with van der Waals surface area (Å²) in [7, 11) is 0. The van der Waals surface area contributed by atoms with E-state index < -0.39 is 0 Å². The van der Waals surface area contributed by atoms with E-state index in [1.54, 1.807) is 0 Å². The molecule has 13 heavy (non-hydrogen) atoms. The average molecular weight is 200 g/mol. The molecule has 3 nitrogen and oxygen atoms in total. The zero-order chi connectivity index (χ0) is 8.69. The molecule has 1 aliphatic rings. The van der Waals surface area contributed by atoms with E-state index in [4.69, 9.17) is 9.84 Å². The monoisotopic (exact) mass is 200 g/mol. The van der Waals surface area contributed by atoms with Crippen molar-refractivity contribution in [3.05, 3.63) is 0 Å². The molecule has 1 rings (SSSR count). The summed E-state index contributed by atoms with van der Waals surface area (Å²) in [6.07, 6.45) is 3.53. The van der Waals surface area contributed by atoms with Crippen LogP contribution in [0.3, 0.4) is 0 Å². The minimum absolute atomic E-state index is 0. The Labute approximate surface area is 103 Å². The molecule has 76 valence electrons. The van der Waals surface area contributed by atoms with Gasteiger partial charge in [-0.2, -0.15) is 0 Å². The van der Waals surface area contributed by atoms with Crippen LogP contribution in [0.15, 0.2) is 0 Å². The second-order valence-corrected chi connectivity index (χ2v) is 2.83. The van der Waals surface area contributed by atoms with Gasteiger partial charge in [-0.05, 0) is 19.3 Å². The van der Waals surface area contributed by atoms with Gasteiger partial charge in [0.1, 0.15) is 0 Å². The third-order valence-corrected chi connectivity index (χ3v) is 1.80. The van der Waals surface area contributed by atoms with E-state index in [0.29, 0.717) is 6.10 Å². The fourth-order valence-electron chi connectivity index (χ4n) is 0.592. The fraction of sp³-hybridized carbons (Fsp3) is 1.00. The van der Waals surface area contributed by atoms with E-state index in [1.807, 2.05) is 13.8 Å². The Balaban J connectivity index is -0.000000134. The predicted molar refractivity (Wildman–Crippen MR) is 48.6 cm³/mol. The Kier molecular flexibility index (Phi) is 19.3. The van der Waals surface area contributed by atoms with E-state index >= 15 is 0 Å². The van der Waals surface area contributed by atoms with E-state index in [-0.39, 0.29) is 41.1 Å². The normalized spacial score (nSPS) is 17.8. The van der Waals surface area contributed by atoms with Crippen molar-refractivity contribution in [3.63, 3.8) is 0 Å². The van der Waals surface area contributed by atoms with Gasteiger partial charge >= 0.3 is 29.6 Å². The van der Waals surface area contributed by atoms with Crippen molar-refractivity contribution >= 4 is 0 Å². The second kappa shape index (κ2) is 12.9. The first-order valence-corrected chi connectivity index (χ1v) is 4.54. The quantitative estimate of drug-likeness (QED) is 0.459. The van der Waals surface area contributed by atoms with Crippen molar-refractivity contribution in [1.29, 1.82) is 0 Å². The van der Waals surface area contributed by atoms with Crippen LogP contribution in [-0.4, -0.2) is 29.4 Å². The van der Waals surface area contributed by atoms with Gasteiger partial charge in [0, 0.05) is 0 Å². The Bertz CT molecular complexity index is 82.9. The van der Waals surface area contributed by atoms with Crippen molar-refractivity contribution in [2.75, 3.05) is 6.61 Å². The van der Waals surface area contributed by atoms with Gasteiger partial charge in [0.15, 0.2) is 0 Å². The first-order chi connectivity index (χ1) is 5.24. The third kappa shape index (κ3) is 15.6. The molecule has 2 N–H and O–H groups in total. The molecule has 0 bridgehead atoms. The van der Waals surface area contributed by atoms with E-state index in [1.165, 1.54) is 6.42 Å². The molecule has 1 saturated heterocycles. The smallest absolute Gasteiger partial charge is 0.870 e. The number of aliphatic hydroxyl groups is 1. The summed E-state index contributed by atoms with van der Waals surface area (Å²) in [5.41, 5.74) is 0. The largest absolute Gasteiger partial charge is 1.00 e. The number of aliphatic hydroxyl groups excluding tert-OH is 1. The van der Waals surface area contributed by atoms with Crippen LogP contribution >= 0.6 is 0 Å². The van der Waals surface area contributed by atoms with Gasteiger partial charge in [-0.25, -0.2) is 0 Å². The first kappa shape index (κ1) is 19.5. The summed E-state index contributed by atoms with van der Waals surface area (Å²) in [5, 5.41) is 8.67. The van der Waals surface area contributed by atoms with Crippen LogP contribution in [0.1, 0.15) is 40.0 Å². The maximum absolute atomic E-state index is 8.67. The molecule has 0 amide bonds. The van der Waals surface area contributed by atoms with Gasteiger partial charge < -0.3 is 15.3 Å². The van der Waals surface area contributed by atoms with Gasteiger partial charge in [0.05, 0.1) is 18.8 Å². The van der Waals surface area contributed by atoms with Crippen molar-refractivity contribution < 1.29 is 44.9 Å². The van der Waals surface area contributed by atoms with E-state index in [9.17, 15) is 0 Å². The predicted octanol–water partition coefficient (Wildman–Crippen LogP) is -1.21. The summed E-state index contributed by atoms with van der Waals surface area (Å²) in [5.74, 6) is 0. The summed E-state index contributed by atoms with van der Waals surface area (Å²) in [6.45, 7) is 7.11. The first-order valence-electron chi connectivity index (χ1n) is 4.54. The zero-order valence-corrected chi connectivity index (χ0v) is 11.3. The minimum atomic E-state index is -0.0648. The van der Waals surface area contributed by atoms with Crippen LogP contribution < -0.4 is 29.6 Å².